The van der Waals surface area contributed by atoms with Gasteiger partial charge >= 0.3 is 0 Å². The predicted molar refractivity (Wildman–Crippen MR) is 114 cm³/mol. The van der Waals surface area contributed by atoms with Crippen LogP contribution in [-0.2, 0) is 0 Å². The fraction of sp³-hybridized carbons (Fsp3) is 0.682. The van der Waals surface area contributed by atoms with Gasteiger partial charge in [0.2, 0.25) is 0 Å². The lowest BCUT2D eigenvalue weighted by molar-refractivity contribution is 0.150. The first-order valence-electron chi connectivity index (χ1n) is 11.1. The zero-order valence-corrected chi connectivity index (χ0v) is 18.0. The summed E-state index contributed by atoms with van der Waals surface area (Å²) in [5.41, 5.74) is 1.27. The Bertz CT molecular complexity index is 760. The molecule has 1 aliphatic carbocycles. The third-order valence-electron chi connectivity index (χ3n) is 6.37. The molecule has 0 N–H and O–H groups in total. The van der Waals surface area contributed by atoms with Gasteiger partial charge in [-0.3, -0.25) is 4.90 Å². The highest BCUT2D eigenvalue weighted by Gasteiger charge is 2.32. The minimum atomic E-state index is 0.295. The monoisotopic (exact) mass is 398 g/mol. The van der Waals surface area contributed by atoms with Gasteiger partial charge in [0.15, 0.2) is 5.82 Å². The Kier molecular flexibility index (Phi) is 6.33. The van der Waals surface area contributed by atoms with Gasteiger partial charge in [-0.2, -0.15) is 0 Å². The van der Waals surface area contributed by atoms with Crippen molar-refractivity contribution in [1.29, 1.82) is 0 Å². The first-order chi connectivity index (χ1) is 14.2. The summed E-state index contributed by atoms with van der Waals surface area (Å²) in [6.45, 7) is 8.69. The normalized spacial score (nSPS) is 19.8. The van der Waals surface area contributed by atoms with Crippen molar-refractivity contribution in [2.24, 2.45) is 5.92 Å². The molecule has 29 heavy (non-hydrogen) atoms. The molecule has 0 amide bonds. The molecule has 1 aromatic carbocycles. The second kappa shape index (κ2) is 9.11. The van der Waals surface area contributed by atoms with E-state index in [2.05, 4.69) is 56.0 Å². The smallest absolute Gasteiger partial charge is 0.168 e. The van der Waals surface area contributed by atoms with Crippen molar-refractivity contribution in [3.8, 4) is 5.75 Å². The molecule has 7 nitrogen and oxygen atoms in total. The summed E-state index contributed by atoms with van der Waals surface area (Å²) >= 11 is 0. The number of ether oxygens (including phenoxy) is 1. The van der Waals surface area contributed by atoms with E-state index in [1.807, 2.05) is 12.1 Å². The van der Waals surface area contributed by atoms with Crippen LogP contribution >= 0.6 is 0 Å². The van der Waals surface area contributed by atoms with Gasteiger partial charge in [-0.25, -0.2) is 4.68 Å². The van der Waals surface area contributed by atoms with E-state index in [0.717, 1.165) is 44.2 Å². The number of benzene rings is 1. The van der Waals surface area contributed by atoms with Crippen LogP contribution in [0.3, 0.4) is 0 Å². The average Bonchev–Trinajstić information content (AvgIpc) is 3.44. The third kappa shape index (κ3) is 4.55. The van der Waals surface area contributed by atoms with Crippen LogP contribution in [0, 0.1) is 5.92 Å². The molecular formula is C22H34N6O. The minimum Gasteiger partial charge on any atom is -0.497 e. The van der Waals surface area contributed by atoms with Crippen molar-refractivity contribution < 1.29 is 4.74 Å². The van der Waals surface area contributed by atoms with Gasteiger partial charge in [-0.05, 0) is 59.9 Å². The molecule has 1 saturated carbocycles. The molecule has 0 radical (unpaired) electrons. The van der Waals surface area contributed by atoms with Crippen LogP contribution in [0.15, 0.2) is 24.3 Å². The van der Waals surface area contributed by atoms with Crippen LogP contribution in [0.2, 0.25) is 0 Å². The van der Waals surface area contributed by atoms with Crippen molar-refractivity contribution in [3.05, 3.63) is 30.1 Å². The molecule has 1 saturated heterocycles. The summed E-state index contributed by atoms with van der Waals surface area (Å²) in [4.78, 5) is 5.06. The first kappa shape index (κ1) is 20.1. The third-order valence-corrected chi connectivity index (χ3v) is 6.37. The number of nitrogens with zero attached hydrogens (tertiary/aromatic N) is 6. The van der Waals surface area contributed by atoms with E-state index in [1.54, 1.807) is 7.11 Å². The fourth-order valence-corrected chi connectivity index (χ4v) is 4.78. The summed E-state index contributed by atoms with van der Waals surface area (Å²) in [5.74, 6) is 2.58. The van der Waals surface area contributed by atoms with Crippen molar-refractivity contribution >= 4 is 5.69 Å². The van der Waals surface area contributed by atoms with Gasteiger partial charge in [0.05, 0.1) is 19.2 Å². The number of anilines is 1. The zero-order valence-electron chi connectivity index (χ0n) is 18.0. The van der Waals surface area contributed by atoms with Crippen LogP contribution in [-0.4, -0.2) is 58.4 Å². The van der Waals surface area contributed by atoms with Crippen molar-refractivity contribution in [1.82, 2.24) is 25.1 Å². The van der Waals surface area contributed by atoms with Crippen LogP contribution in [0.5, 0.6) is 5.75 Å². The summed E-state index contributed by atoms with van der Waals surface area (Å²) < 4.78 is 7.44. The molecule has 1 atom stereocenters. The Morgan fingerprint density at radius 2 is 1.72 bits per heavy atom. The van der Waals surface area contributed by atoms with Crippen LogP contribution < -0.4 is 9.64 Å². The summed E-state index contributed by atoms with van der Waals surface area (Å²) in [6.07, 6.45) is 6.09. The Morgan fingerprint density at radius 3 is 2.34 bits per heavy atom. The van der Waals surface area contributed by atoms with Gasteiger partial charge in [0, 0.05) is 31.9 Å². The lowest BCUT2D eigenvalue weighted by atomic mass is 10.0. The number of methoxy groups -OCH3 is 1. The Balaban J connectivity index is 1.47. The van der Waals surface area contributed by atoms with Crippen LogP contribution in [0.25, 0.3) is 0 Å². The molecule has 7 heteroatoms. The van der Waals surface area contributed by atoms with E-state index in [0.29, 0.717) is 18.0 Å². The van der Waals surface area contributed by atoms with Gasteiger partial charge in [0.25, 0.3) is 0 Å². The van der Waals surface area contributed by atoms with Gasteiger partial charge in [-0.15, -0.1) is 5.10 Å². The molecule has 1 unspecified atom stereocenters. The Labute approximate surface area is 174 Å². The lowest BCUT2D eigenvalue weighted by Crippen LogP contribution is -2.48. The van der Waals surface area contributed by atoms with E-state index >= 15 is 0 Å². The second-order valence-electron chi connectivity index (χ2n) is 8.79. The fourth-order valence-electron chi connectivity index (χ4n) is 4.78. The van der Waals surface area contributed by atoms with Crippen LogP contribution in [0.1, 0.15) is 63.9 Å². The molecule has 0 spiro atoms. The van der Waals surface area contributed by atoms with Gasteiger partial charge < -0.3 is 9.64 Å². The number of aromatic nitrogens is 4. The highest BCUT2D eigenvalue weighted by atomic mass is 16.5. The number of tetrazole rings is 1. The van der Waals surface area contributed by atoms with Crippen molar-refractivity contribution in [2.75, 3.05) is 38.2 Å². The standard InChI is InChI=1S/C22H34N6O/c1-17(2)16-21(22-23-24-25-28(22)19-6-4-5-7-19)27-14-12-26(13-15-27)18-8-10-20(29-3)11-9-18/h8-11,17,19,21H,4-7,12-16H2,1-3H3. The quantitative estimate of drug-likeness (QED) is 0.709. The van der Waals surface area contributed by atoms with E-state index in [4.69, 9.17) is 4.74 Å². The van der Waals surface area contributed by atoms with E-state index in [-0.39, 0.29) is 0 Å². The molecule has 2 aromatic rings. The maximum absolute atomic E-state index is 5.29. The average molecular weight is 399 g/mol. The van der Waals surface area contributed by atoms with Crippen LogP contribution in [0.4, 0.5) is 5.69 Å². The largest absolute Gasteiger partial charge is 0.497 e. The predicted octanol–water partition coefficient (Wildman–Crippen LogP) is 3.71. The Morgan fingerprint density at radius 1 is 1.03 bits per heavy atom. The first-order valence-corrected chi connectivity index (χ1v) is 11.1. The minimum absolute atomic E-state index is 0.295. The molecule has 2 fully saturated rings. The maximum Gasteiger partial charge on any atom is 0.168 e. The molecule has 0 bridgehead atoms. The molecule has 1 aromatic heterocycles. The SMILES string of the molecule is COc1ccc(N2CCN(C(CC(C)C)c3nnnn3C3CCCC3)CC2)cc1. The summed E-state index contributed by atoms with van der Waals surface area (Å²) in [6, 6.07) is 9.17. The number of hydrogen-bond acceptors (Lipinski definition) is 6. The number of hydrogen-bond donors (Lipinski definition) is 0. The zero-order chi connectivity index (χ0) is 20.2. The highest BCUT2D eigenvalue weighted by Crippen LogP contribution is 2.34. The molecule has 2 heterocycles. The topological polar surface area (TPSA) is 59.3 Å². The second-order valence-corrected chi connectivity index (χ2v) is 8.79. The maximum atomic E-state index is 5.29. The van der Waals surface area contributed by atoms with E-state index in [1.165, 1.54) is 31.4 Å². The summed E-state index contributed by atoms with van der Waals surface area (Å²) in [5, 5.41) is 13.0. The molecule has 4 rings (SSSR count). The van der Waals surface area contributed by atoms with Crippen molar-refractivity contribution in [3.63, 3.8) is 0 Å². The lowest BCUT2D eigenvalue weighted by Gasteiger charge is -2.40. The Hall–Kier alpha value is -2.15. The molecule has 2 aliphatic rings. The molecular weight excluding hydrogens is 364 g/mol. The number of piperazine rings is 1. The van der Waals surface area contributed by atoms with E-state index in [9.17, 15) is 0 Å². The van der Waals surface area contributed by atoms with Gasteiger partial charge in [-0.1, -0.05) is 26.7 Å². The van der Waals surface area contributed by atoms with Gasteiger partial charge in [0.1, 0.15) is 5.75 Å². The molecule has 158 valence electrons. The highest BCUT2D eigenvalue weighted by molar-refractivity contribution is 5.49. The molecule has 1 aliphatic heterocycles. The summed E-state index contributed by atoms with van der Waals surface area (Å²) in [7, 11) is 1.71. The van der Waals surface area contributed by atoms with E-state index < -0.39 is 0 Å². The van der Waals surface area contributed by atoms with Crippen molar-refractivity contribution in [2.45, 2.75) is 58.0 Å². The number of rotatable bonds is 7.